The highest BCUT2D eigenvalue weighted by atomic mass is 32.2. The minimum absolute atomic E-state index is 0.211. The molecule has 1 rings (SSSR count). The standard InChI is InChI=1S/C4H6N4O.CH2O.H2O3S/c5-3-2(4(6)9)1-7-8-3;1-2;1-4(2)3/h1H,(H2,6,9)(H3,5,7,8);1H2;(H2,1,2,3). The molecule has 0 unspecified atom stereocenters. The fourth-order valence-corrected chi connectivity index (χ4v) is 0.492. The zero-order valence-electron chi connectivity index (χ0n) is 7.41. The van der Waals surface area contributed by atoms with Crippen molar-refractivity contribution in [3.63, 3.8) is 0 Å². The third-order valence-electron chi connectivity index (χ3n) is 0.934. The van der Waals surface area contributed by atoms with Gasteiger partial charge in [-0.2, -0.15) is 9.31 Å². The summed E-state index contributed by atoms with van der Waals surface area (Å²) in [7, 11) is 0. The van der Waals surface area contributed by atoms with Gasteiger partial charge in [0.25, 0.3) is 17.3 Å². The Balaban J connectivity index is 0. The van der Waals surface area contributed by atoms with E-state index in [0.29, 0.717) is 0 Å². The van der Waals surface area contributed by atoms with E-state index in [1.165, 1.54) is 6.20 Å². The van der Waals surface area contributed by atoms with E-state index in [4.69, 9.17) is 29.6 Å². The number of primary amides is 1. The van der Waals surface area contributed by atoms with E-state index in [1.807, 2.05) is 6.79 Å². The maximum atomic E-state index is 10.4. The third-order valence-corrected chi connectivity index (χ3v) is 0.934. The van der Waals surface area contributed by atoms with Crippen LogP contribution in [0.4, 0.5) is 5.82 Å². The summed E-state index contributed by atoms with van der Waals surface area (Å²) in [6, 6.07) is 0. The maximum absolute atomic E-state index is 10.4. The zero-order valence-corrected chi connectivity index (χ0v) is 8.23. The van der Waals surface area contributed by atoms with Gasteiger partial charge in [0.05, 0.1) is 6.20 Å². The van der Waals surface area contributed by atoms with Gasteiger partial charge < -0.3 is 16.3 Å². The Hall–Kier alpha value is -1.78. The topological polar surface area (TPSA) is 172 Å². The van der Waals surface area contributed by atoms with Gasteiger partial charge in [0.2, 0.25) is 0 Å². The lowest BCUT2D eigenvalue weighted by atomic mass is 10.3. The Morgan fingerprint density at radius 3 is 2.07 bits per heavy atom. The average molecular weight is 238 g/mol. The third kappa shape index (κ3) is 8.55. The molecular weight excluding hydrogens is 228 g/mol. The Morgan fingerprint density at radius 1 is 1.53 bits per heavy atom. The molecule has 0 radical (unpaired) electrons. The van der Waals surface area contributed by atoms with Crippen LogP contribution < -0.4 is 11.5 Å². The Kier molecular flexibility index (Phi) is 9.20. The monoisotopic (exact) mass is 238 g/mol. The molecule has 0 atom stereocenters. The minimum Gasteiger partial charge on any atom is -0.383 e. The smallest absolute Gasteiger partial charge is 0.299 e. The van der Waals surface area contributed by atoms with Gasteiger partial charge >= 0.3 is 0 Å². The number of hydrogen-bond donors (Lipinski definition) is 5. The van der Waals surface area contributed by atoms with Crippen LogP contribution in [0.5, 0.6) is 0 Å². The van der Waals surface area contributed by atoms with Crippen LogP contribution in [0.15, 0.2) is 6.20 Å². The number of rotatable bonds is 1. The fraction of sp³-hybridized carbons (Fsp3) is 0. The number of nitrogens with zero attached hydrogens (tertiary/aromatic N) is 1. The number of amides is 1. The number of anilines is 1. The number of nitrogen functional groups attached to an aromatic ring is 1. The van der Waals surface area contributed by atoms with Crippen LogP contribution in [0.25, 0.3) is 0 Å². The summed E-state index contributed by atoms with van der Waals surface area (Å²) in [5, 5.41) is 5.87. The second kappa shape index (κ2) is 8.80. The van der Waals surface area contributed by atoms with Gasteiger partial charge in [0.15, 0.2) is 0 Å². The predicted molar refractivity (Wildman–Crippen MR) is 52.0 cm³/mol. The number of carbonyl (C=O) groups is 2. The first-order valence-electron chi connectivity index (χ1n) is 3.12. The molecule has 0 bridgehead atoms. The lowest BCUT2D eigenvalue weighted by Gasteiger charge is -1.86. The molecule has 1 heterocycles. The maximum Gasteiger partial charge on any atom is 0.299 e. The van der Waals surface area contributed by atoms with Crippen molar-refractivity contribution in [2.45, 2.75) is 0 Å². The molecule has 0 spiro atoms. The molecule has 15 heavy (non-hydrogen) atoms. The van der Waals surface area contributed by atoms with E-state index in [-0.39, 0.29) is 11.4 Å². The number of aromatic amines is 1. The van der Waals surface area contributed by atoms with Crippen LogP contribution >= 0.6 is 0 Å². The van der Waals surface area contributed by atoms with Gasteiger partial charge in [-0.05, 0) is 0 Å². The number of hydrogen-bond acceptors (Lipinski definition) is 5. The molecule has 9 nitrogen and oxygen atoms in total. The first-order valence-corrected chi connectivity index (χ1v) is 4.19. The van der Waals surface area contributed by atoms with Crippen molar-refractivity contribution < 1.29 is 22.9 Å². The fourth-order valence-electron chi connectivity index (χ4n) is 0.492. The molecule has 0 aliphatic rings. The normalized spacial score (nSPS) is 8.20. The Morgan fingerprint density at radius 2 is 1.93 bits per heavy atom. The average Bonchev–Trinajstić information content (AvgIpc) is 2.54. The zero-order chi connectivity index (χ0) is 12.4. The minimum atomic E-state index is -2.61. The highest BCUT2D eigenvalue weighted by molar-refractivity contribution is 7.73. The van der Waals surface area contributed by atoms with Crippen molar-refractivity contribution in [2.75, 3.05) is 5.73 Å². The van der Waals surface area contributed by atoms with Crippen molar-refractivity contribution in [2.24, 2.45) is 5.73 Å². The van der Waals surface area contributed by atoms with Crippen LogP contribution in [0.2, 0.25) is 0 Å². The summed E-state index contributed by atoms with van der Waals surface area (Å²) in [4.78, 5) is 18.4. The molecule has 0 saturated carbocycles. The van der Waals surface area contributed by atoms with Crippen LogP contribution in [0, 0.1) is 0 Å². The molecular formula is C5H10N4O5S. The van der Waals surface area contributed by atoms with E-state index in [0.717, 1.165) is 0 Å². The first-order chi connectivity index (χ1) is 6.95. The number of H-pyrrole nitrogens is 1. The van der Waals surface area contributed by atoms with E-state index >= 15 is 0 Å². The molecule has 0 saturated heterocycles. The van der Waals surface area contributed by atoms with Crippen molar-refractivity contribution in [1.29, 1.82) is 0 Å². The van der Waals surface area contributed by atoms with E-state index in [1.54, 1.807) is 0 Å². The van der Waals surface area contributed by atoms with Gasteiger partial charge in [-0.1, -0.05) is 0 Å². The molecule has 0 aliphatic heterocycles. The second-order valence-corrected chi connectivity index (χ2v) is 2.25. The quantitative estimate of drug-likeness (QED) is 0.373. The van der Waals surface area contributed by atoms with Crippen LogP contribution in [0.3, 0.4) is 0 Å². The summed E-state index contributed by atoms with van der Waals surface area (Å²) in [5.41, 5.74) is 10.3. The molecule has 0 aromatic carbocycles. The number of nitrogens with two attached hydrogens (primary N) is 2. The molecule has 0 fully saturated rings. The largest absolute Gasteiger partial charge is 0.383 e. The number of nitrogens with one attached hydrogen (secondary N) is 1. The van der Waals surface area contributed by atoms with E-state index < -0.39 is 17.3 Å². The Labute approximate surface area is 87.0 Å². The summed E-state index contributed by atoms with van der Waals surface area (Å²) in [6.07, 6.45) is 1.29. The second-order valence-electron chi connectivity index (χ2n) is 1.79. The summed E-state index contributed by atoms with van der Waals surface area (Å²) in [5.74, 6) is -0.358. The van der Waals surface area contributed by atoms with E-state index in [2.05, 4.69) is 10.2 Å². The van der Waals surface area contributed by atoms with Gasteiger partial charge in [0.1, 0.15) is 18.2 Å². The molecule has 86 valence electrons. The lowest BCUT2D eigenvalue weighted by molar-refractivity contribution is -0.0980. The summed E-state index contributed by atoms with van der Waals surface area (Å²) >= 11 is -2.61. The molecule has 10 heteroatoms. The van der Waals surface area contributed by atoms with Gasteiger partial charge in [-0.3, -0.25) is 19.0 Å². The predicted octanol–water partition coefficient (Wildman–Crippen LogP) is -1.41. The summed E-state index contributed by atoms with van der Waals surface area (Å²) < 4.78 is 22.8. The molecule has 0 aliphatic carbocycles. The van der Waals surface area contributed by atoms with Gasteiger partial charge in [0, 0.05) is 0 Å². The molecule has 7 N–H and O–H groups in total. The first kappa shape index (κ1) is 15.7. The van der Waals surface area contributed by atoms with Crippen LogP contribution in [-0.4, -0.2) is 36.2 Å². The SMILES string of the molecule is C=O.NC(=O)c1cn[nH]c1N.O=S(O)O. The lowest BCUT2D eigenvalue weighted by Crippen LogP contribution is -2.11. The molecule has 1 aromatic rings. The van der Waals surface area contributed by atoms with Crippen molar-refractivity contribution in [3.05, 3.63) is 11.8 Å². The molecule has 1 amide bonds. The van der Waals surface area contributed by atoms with E-state index in [9.17, 15) is 4.79 Å². The Bertz CT molecular complexity index is 323. The van der Waals surface area contributed by atoms with Gasteiger partial charge in [-0.15, -0.1) is 0 Å². The summed E-state index contributed by atoms with van der Waals surface area (Å²) in [6.45, 7) is 2.00. The van der Waals surface area contributed by atoms with Crippen molar-refractivity contribution in [3.8, 4) is 0 Å². The number of aromatic nitrogens is 2. The highest BCUT2D eigenvalue weighted by Gasteiger charge is 2.05. The van der Waals surface area contributed by atoms with Crippen LogP contribution in [0.1, 0.15) is 10.4 Å². The van der Waals surface area contributed by atoms with Crippen molar-refractivity contribution >= 4 is 29.9 Å². The van der Waals surface area contributed by atoms with Crippen molar-refractivity contribution in [1.82, 2.24) is 10.2 Å². The highest BCUT2D eigenvalue weighted by Crippen LogP contribution is 2.02. The number of carbonyl (C=O) groups excluding carboxylic acids is 2. The van der Waals surface area contributed by atoms with Crippen LogP contribution in [-0.2, 0) is 16.2 Å². The molecule has 1 aromatic heterocycles. The van der Waals surface area contributed by atoms with Gasteiger partial charge in [-0.25, -0.2) is 0 Å².